The van der Waals surface area contributed by atoms with E-state index in [1.54, 1.807) is 16.1 Å². The number of rotatable bonds is 4. The monoisotopic (exact) mass is 539 g/mol. The first kappa shape index (κ1) is 24.3. The van der Waals surface area contributed by atoms with E-state index in [1.165, 1.54) is 22.0 Å². The van der Waals surface area contributed by atoms with Crippen LogP contribution in [-0.2, 0) is 0 Å². The van der Waals surface area contributed by atoms with Gasteiger partial charge in [-0.25, -0.2) is 19.2 Å². The average molecular weight is 540 g/mol. The molecule has 8 nitrogen and oxygen atoms in total. The maximum absolute atomic E-state index is 14.1. The number of benzene rings is 1. The fourth-order valence-corrected chi connectivity index (χ4v) is 7.34. The SMILES string of the molecule is O=C(NC1CCC(n2c(=O)c3cc(F)cnc3n(C3CCSCC3)c2=O)CC1)c1ccc2ncsc2c1. The zero-order chi connectivity index (χ0) is 25.5. The Morgan fingerprint density at radius 1 is 0.973 bits per heavy atom. The van der Waals surface area contributed by atoms with E-state index in [1.807, 2.05) is 23.9 Å². The van der Waals surface area contributed by atoms with Crippen LogP contribution in [0.1, 0.15) is 61.0 Å². The van der Waals surface area contributed by atoms with Crippen molar-refractivity contribution in [2.24, 2.45) is 0 Å². The van der Waals surface area contributed by atoms with Gasteiger partial charge in [-0.15, -0.1) is 11.3 Å². The quantitative estimate of drug-likeness (QED) is 0.416. The first-order chi connectivity index (χ1) is 18.0. The number of nitrogens with one attached hydrogen (secondary N) is 1. The third-order valence-electron chi connectivity index (χ3n) is 7.47. The Bertz CT molecular complexity index is 1600. The molecule has 0 radical (unpaired) electrons. The highest BCUT2D eigenvalue weighted by molar-refractivity contribution is 7.99. The molecule has 1 amide bonds. The Morgan fingerprint density at radius 2 is 1.73 bits per heavy atom. The van der Waals surface area contributed by atoms with Gasteiger partial charge in [0.05, 0.1) is 27.3 Å². The summed E-state index contributed by atoms with van der Waals surface area (Å²) in [6.45, 7) is 0. The minimum atomic E-state index is -0.594. The molecule has 11 heteroatoms. The Morgan fingerprint density at radius 3 is 2.51 bits per heavy atom. The molecule has 1 aliphatic heterocycles. The molecule has 1 aliphatic carbocycles. The first-order valence-corrected chi connectivity index (χ1v) is 14.6. The largest absolute Gasteiger partial charge is 0.349 e. The van der Waals surface area contributed by atoms with Gasteiger partial charge in [0.1, 0.15) is 11.5 Å². The lowest BCUT2D eigenvalue weighted by Gasteiger charge is -2.31. The zero-order valence-electron chi connectivity index (χ0n) is 20.1. The second kappa shape index (κ2) is 10.0. The van der Waals surface area contributed by atoms with Crippen LogP contribution < -0.4 is 16.6 Å². The fraction of sp³-hybridized carbons (Fsp3) is 0.423. The summed E-state index contributed by atoms with van der Waals surface area (Å²) in [7, 11) is 0. The number of aromatic nitrogens is 4. The van der Waals surface area contributed by atoms with Crippen molar-refractivity contribution in [2.45, 2.75) is 56.7 Å². The lowest BCUT2D eigenvalue weighted by molar-refractivity contribution is 0.0922. The molecule has 1 aromatic carbocycles. The van der Waals surface area contributed by atoms with Crippen molar-refractivity contribution < 1.29 is 9.18 Å². The lowest BCUT2D eigenvalue weighted by atomic mass is 9.90. The summed E-state index contributed by atoms with van der Waals surface area (Å²) in [6, 6.07) is 6.25. The third-order valence-corrected chi connectivity index (χ3v) is 9.31. The molecule has 1 saturated carbocycles. The van der Waals surface area contributed by atoms with E-state index >= 15 is 0 Å². The van der Waals surface area contributed by atoms with Gasteiger partial charge in [-0.05, 0) is 74.3 Å². The van der Waals surface area contributed by atoms with Crippen molar-refractivity contribution in [3.8, 4) is 0 Å². The van der Waals surface area contributed by atoms with Crippen molar-refractivity contribution in [2.75, 3.05) is 11.5 Å². The highest BCUT2D eigenvalue weighted by Crippen LogP contribution is 2.30. The van der Waals surface area contributed by atoms with Gasteiger partial charge in [0.2, 0.25) is 0 Å². The molecule has 2 fully saturated rings. The van der Waals surface area contributed by atoms with Gasteiger partial charge < -0.3 is 5.32 Å². The Labute approximate surface area is 219 Å². The number of pyridine rings is 1. The average Bonchev–Trinajstić information content (AvgIpc) is 3.39. The van der Waals surface area contributed by atoms with Crippen LogP contribution in [0.5, 0.6) is 0 Å². The van der Waals surface area contributed by atoms with E-state index < -0.39 is 11.4 Å². The van der Waals surface area contributed by atoms with Crippen LogP contribution in [-0.4, -0.2) is 42.6 Å². The van der Waals surface area contributed by atoms with Crippen molar-refractivity contribution >= 4 is 50.3 Å². The lowest BCUT2D eigenvalue weighted by Crippen LogP contribution is -2.46. The Kier molecular flexibility index (Phi) is 6.58. The summed E-state index contributed by atoms with van der Waals surface area (Å²) in [5, 5.41) is 3.25. The molecule has 6 rings (SSSR count). The minimum Gasteiger partial charge on any atom is -0.349 e. The van der Waals surface area contributed by atoms with Gasteiger partial charge in [0.25, 0.3) is 11.5 Å². The van der Waals surface area contributed by atoms with Gasteiger partial charge >= 0.3 is 5.69 Å². The number of amides is 1. The molecule has 192 valence electrons. The molecule has 1 saturated heterocycles. The number of nitrogens with zero attached hydrogens (tertiary/aromatic N) is 4. The van der Waals surface area contributed by atoms with Crippen LogP contribution in [0.15, 0.2) is 45.6 Å². The maximum Gasteiger partial charge on any atom is 0.333 e. The molecule has 2 aliphatic rings. The van der Waals surface area contributed by atoms with Crippen molar-refractivity contribution in [3.05, 3.63) is 68.2 Å². The van der Waals surface area contributed by atoms with Crippen molar-refractivity contribution in [1.29, 1.82) is 0 Å². The number of halogens is 1. The molecular formula is C26H26FN5O3S2. The van der Waals surface area contributed by atoms with Crippen LogP contribution >= 0.6 is 23.1 Å². The molecule has 0 atom stereocenters. The number of thioether (sulfide) groups is 1. The predicted octanol–water partition coefficient (Wildman–Crippen LogP) is 4.29. The number of carbonyl (C=O) groups is 1. The first-order valence-electron chi connectivity index (χ1n) is 12.5. The van der Waals surface area contributed by atoms with Crippen LogP contribution in [0, 0.1) is 5.82 Å². The van der Waals surface area contributed by atoms with E-state index in [4.69, 9.17) is 0 Å². The summed E-state index contributed by atoms with van der Waals surface area (Å²) in [5.74, 6) is 1.13. The standard InChI is InChI=1S/C26H26FN5O3S2/c27-16-12-20-23(28-13-16)31(19-7-9-36-10-8-19)26(35)32(25(20)34)18-4-2-17(3-5-18)30-24(33)15-1-6-21-22(11-15)37-14-29-21/h1,6,11-14,17-19H,2-5,7-10H2,(H,30,33). The second-order valence-electron chi connectivity index (χ2n) is 9.71. The molecule has 0 spiro atoms. The maximum atomic E-state index is 14.1. The minimum absolute atomic E-state index is 0.0474. The third kappa shape index (κ3) is 4.59. The van der Waals surface area contributed by atoms with Crippen molar-refractivity contribution in [1.82, 2.24) is 24.4 Å². The number of carbonyl (C=O) groups excluding carboxylic acids is 1. The van der Waals surface area contributed by atoms with Gasteiger partial charge in [0, 0.05) is 23.7 Å². The molecular weight excluding hydrogens is 513 g/mol. The normalized spacial score (nSPS) is 20.9. The Balaban J connectivity index is 1.25. The highest BCUT2D eigenvalue weighted by atomic mass is 32.2. The topological polar surface area (TPSA) is 98.9 Å². The molecule has 1 N–H and O–H groups in total. The van der Waals surface area contributed by atoms with Gasteiger partial charge in [-0.2, -0.15) is 11.8 Å². The van der Waals surface area contributed by atoms with E-state index in [2.05, 4.69) is 15.3 Å². The molecule has 0 unspecified atom stereocenters. The van der Waals surface area contributed by atoms with E-state index in [0.29, 0.717) is 31.2 Å². The molecule has 4 aromatic rings. The van der Waals surface area contributed by atoms with Gasteiger partial charge in [-0.1, -0.05) is 0 Å². The molecule has 3 aromatic heterocycles. The van der Waals surface area contributed by atoms with Crippen molar-refractivity contribution in [3.63, 3.8) is 0 Å². The Hall–Kier alpha value is -3.05. The number of hydrogen-bond donors (Lipinski definition) is 1. The molecule has 37 heavy (non-hydrogen) atoms. The zero-order valence-corrected chi connectivity index (χ0v) is 21.7. The van der Waals surface area contributed by atoms with Crippen LogP contribution in [0.3, 0.4) is 0 Å². The van der Waals surface area contributed by atoms with Crippen LogP contribution in [0.4, 0.5) is 4.39 Å². The summed E-state index contributed by atoms with van der Waals surface area (Å²) < 4.78 is 18.0. The number of fused-ring (bicyclic) bond motifs is 2. The van der Waals surface area contributed by atoms with Crippen LogP contribution in [0.25, 0.3) is 21.3 Å². The fourth-order valence-electron chi connectivity index (χ4n) is 5.54. The van der Waals surface area contributed by atoms with E-state index in [9.17, 15) is 18.8 Å². The number of thiazole rings is 1. The number of hydrogen-bond acceptors (Lipinski definition) is 7. The smallest absolute Gasteiger partial charge is 0.333 e. The predicted molar refractivity (Wildman–Crippen MR) is 144 cm³/mol. The summed E-state index contributed by atoms with van der Waals surface area (Å²) in [5.41, 5.74) is 2.64. The molecule has 0 bridgehead atoms. The van der Waals surface area contributed by atoms with Gasteiger partial charge in [0.15, 0.2) is 0 Å². The highest BCUT2D eigenvalue weighted by Gasteiger charge is 2.29. The van der Waals surface area contributed by atoms with E-state index in [-0.39, 0.29) is 40.8 Å². The summed E-state index contributed by atoms with van der Waals surface area (Å²) in [6.07, 6.45) is 5.12. The van der Waals surface area contributed by atoms with E-state index in [0.717, 1.165) is 40.8 Å². The van der Waals surface area contributed by atoms with Gasteiger partial charge in [-0.3, -0.25) is 18.7 Å². The van der Waals surface area contributed by atoms with Crippen LogP contribution in [0.2, 0.25) is 0 Å². The summed E-state index contributed by atoms with van der Waals surface area (Å²) in [4.78, 5) is 48.4. The molecule has 4 heterocycles. The summed E-state index contributed by atoms with van der Waals surface area (Å²) >= 11 is 3.34. The second-order valence-corrected chi connectivity index (χ2v) is 11.8.